The monoisotopic (exact) mass is 303 g/mol. The van der Waals surface area contributed by atoms with Crippen molar-refractivity contribution >= 4 is 28.6 Å². The van der Waals surface area contributed by atoms with Crippen LogP contribution in [0.4, 0.5) is 0 Å². The van der Waals surface area contributed by atoms with Gasteiger partial charge in [0.2, 0.25) is 0 Å². The number of hydrogen-bond acceptors (Lipinski definition) is 4. The maximum Gasteiger partial charge on any atom is 0.286 e. The van der Waals surface area contributed by atoms with Crippen LogP contribution in [0.25, 0.3) is 10.4 Å². The standard InChI is InChI=1S/C15H13NO2S2/c17-15(13-2-1-8-18-13)16-7-5-12-3-4-14(20-12)11-6-9-19-10-11/h1-4,6,8-10H,5,7H2,(H,16,17). The molecule has 0 fully saturated rings. The summed E-state index contributed by atoms with van der Waals surface area (Å²) in [5.41, 5.74) is 1.27. The van der Waals surface area contributed by atoms with E-state index in [2.05, 4.69) is 34.3 Å². The fraction of sp³-hybridized carbons (Fsp3) is 0.133. The molecule has 1 amide bonds. The molecule has 3 heterocycles. The SMILES string of the molecule is O=C(NCCc1ccc(-c2ccsc2)s1)c1ccco1. The number of nitrogens with one attached hydrogen (secondary N) is 1. The quantitative estimate of drug-likeness (QED) is 0.773. The van der Waals surface area contributed by atoms with Crippen molar-refractivity contribution in [2.45, 2.75) is 6.42 Å². The van der Waals surface area contributed by atoms with Crippen LogP contribution in [0.2, 0.25) is 0 Å². The summed E-state index contributed by atoms with van der Waals surface area (Å²) >= 11 is 3.47. The fourth-order valence-electron chi connectivity index (χ4n) is 1.87. The first-order chi connectivity index (χ1) is 9.83. The lowest BCUT2D eigenvalue weighted by atomic mass is 10.3. The first-order valence-electron chi connectivity index (χ1n) is 6.26. The molecule has 0 atom stereocenters. The second-order valence-corrected chi connectivity index (χ2v) is 6.21. The Morgan fingerprint density at radius 1 is 1.25 bits per heavy atom. The Hall–Kier alpha value is -1.85. The van der Waals surface area contributed by atoms with E-state index in [1.165, 1.54) is 21.6 Å². The molecule has 0 aromatic carbocycles. The van der Waals surface area contributed by atoms with Gasteiger partial charge in [-0.05, 0) is 47.5 Å². The molecule has 3 nitrogen and oxygen atoms in total. The zero-order valence-corrected chi connectivity index (χ0v) is 12.3. The van der Waals surface area contributed by atoms with Gasteiger partial charge in [0, 0.05) is 21.9 Å². The highest BCUT2D eigenvalue weighted by Gasteiger charge is 2.08. The first-order valence-corrected chi connectivity index (χ1v) is 8.02. The highest BCUT2D eigenvalue weighted by atomic mass is 32.1. The van der Waals surface area contributed by atoms with Gasteiger partial charge < -0.3 is 9.73 Å². The maximum atomic E-state index is 11.7. The lowest BCUT2D eigenvalue weighted by molar-refractivity contribution is 0.0926. The van der Waals surface area contributed by atoms with E-state index in [4.69, 9.17) is 4.42 Å². The summed E-state index contributed by atoms with van der Waals surface area (Å²) in [4.78, 5) is 14.2. The predicted molar refractivity (Wildman–Crippen MR) is 82.4 cm³/mol. The number of rotatable bonds is 5. The van der Waals surface area contributed by atoms with E-state index in [1.807, 2.05) is 0 Å². The van der Waals surface area contributed by atoms with E-state index in [-0.39, 0.29) is 5.91 Å². The van der Waals surface area contributed by atoms with Crippen LogP contribution in [0, 0.1) is 0 Å². The van der Waals surface area contributed by atoms with Crippen molar-refractivity contribution in [3.63, 3.8) is 0 Å². The molecule has 0 radical (unpaired) electrons. The van der Waals surface area contributed by atoms with Crippen LogP contribution in [0.15, 0.2) is 51.8 Å². The second-order valence-electron chi connectivity index (χ2n) is 4.26. The van der Waals surface area contributed by atoms with E-state index in [1.54, 1.807) is 34.8 Å². The minimum Gasteiger partial charge on any atom is -0.459 e. The topological polar surface area (TPSA) is 42.2 Å². The average Bonchev–Trinajstić information content (AvgIpc) is 3.20. The van der Waals surface area contributed by atoms with E-state index >= 15 is 0 Å². The molecule has 0 saturated carbocycles. The summed E-state index contributed by atoms with van der Waals surface area (Å²) in [6.45, 7) is 0.614. The van der Waals surface area contributed by atoms with Gasteiger partial charge in [0.25, 0.3) is 5.91 Å². The fourth-order valence-corrected chi connectivity index (χ4v) is 3.60. The average molecular weight is 303 g/mol. The lowest BCUT2D eigenvalue weighted by Gasteiger charge is -2.01. The van der Waals surface area contributed by atoms with Crippen molar-refractivity contribution in [1.82, 2.24) is 5.32 Å². The van der Waals surface area contributed by atoms with Crippen LogP contribution in [0.5, 0.6) is 0 Å². The summed E-state index contributed by atoms with van der Waals surface area (Å²) in [5.74, 6) is 0.194. The van der Waals surface area contributed by atoms with Crippen LogP contribution < -0.4 is 5.32 Å². The second kappa shape index (κ2) is 6.07. The third-order valence-corrected chi connectivity index (χ3v) is 4.75. The molecule has 0 bridgehead atoms. The van der Waals surface area contributed by atoms with Gasteiger partial charge in [0.05, 0.1) is 6.26 Å². The normalized spacial score (nSPS) is 10.6. The minimum atomic E-state index is -0.162. The van der Waals surface area contributed by atoms with E-state index in [9.17, 15) is 4.79 Å². The van der Waals surface area contributed by atoms with Crippen molar-refractivity contribution < 1.29 is 9.21 Å². The van der Waals surface area contributed by atoms with Gasteiger partial charge in [-0.1, -0.05) is 0 Å². The lowest BCUT2D eigenvalue weighted by Crippen LogP contribution is -2.24. The summed E-state index contributed by atoms with van der Waals surface area (Å²) < 4.78 is 5.04. The number of carbonyl (C=O) groups is 1. The molecule has 3 aromatic rings. The Bertz CT molecular complexity index is 669. The van der Waals surface area contributed by atoms with Gasteiger partial charge in [-0.15, -0.1) is 11.3 Å². The summed E-state index contributed by atoms with van der Waals surface area (Å²) in [7, 11) is 0. The van der Waals surface area contributed by atoms with Gasteiger partial charge in [-0.25, -0.2) is 0 Å². The van der Waals surface area contributed by atoms with Gasteiger partial charge in [-0.2, -0.15) is 11.3 Å². The maximum absolute atomic E-state index is 11.7. The molecule has 0 saturated heterocycles. The van der Waals surface area contributed by atoms with Crippen LogP contribution in [0.3, 0.4) is 0 Å². The van der Waals surface area contributed by atoms with Crippen molar-refractivity contribution in [3.8, 4) is 10.4 Å². The van der Waals surface area contributed by atoms with E-state index in [0.717, 1.165) is 6.42 Å². The third kappa shape index (κ3) is 3.00. The largest absolute Gasteiger partial charge is 0.459 e. The van der Waals surface area contributed by atoms with Gasteiger partial charge in [-0.3, -0.25) is 4.79 Å². The van der Waals surface area contributed by atoms with Crippen LogP contribution in [-0.4, -0.2) is 12.5 Å². The Kier molecular flexibility index (Phi) is 3.99. The molecule has 0 spiro atoms. The van der Waals surface area contributed by atoms with Crippen molar-refractivity contribution in [2.24, 2.45) is 0 Å². The molecule has 0 aliphatic heterocycles. The smallest absolute Gasteiger partial charge is 0.286 e. The van der Waals surface area contributed by atoms with Crippen molar-refractivity contribution in [1.29, 1.82) is 0 Å². The van der Waals surface area contributed by atoms with Crippen LogP contribution >= 0.6 is 22.7 Å². The summed E-state index contributed by atoms with van der Waals surface area (Å²) in [6.07, 6.45) is 2.34. The Morgan fingerprint density at radius 2 is 2.20 bits per heavy atom. The Morgan fingerprint density at radius 3 is 2.95 bits per heavy atom. The number of thiophene rings is 2. The van der Waals surface area contributed by atoms with Crippen LogP contribution in [-0.2, 0) is 6.42 Å². The van der Waals surface area contributed by atoms with Crippen LogP contribution in [0.1, 0.15) is 15.4 Å². The Labute approximate surface area is 124 Å². The molecule has 102 valence electrons. The molecule has 5 heteroatoms. The number of amides is 1. The molecular weight excluding hydrogens is 290 g/mol. The number of furan rings is 1. The molecule has 3 rings (SSSR count). The Balaban J connectivity index is 1.53. The van der Waals surface area contributed by atoms with Gasteiger partial charge in [0.15, 0.2) is 5.76 Å². The molecule has 1 N–H and O–H groups in total. The third-order valence-electron chi connectivity index (χ3n) is 2.87. The zero-order valence-electron chi connectivity index (χ0n) is 10.7. The number of carbonyl (C=O) groups excluding carboxylic acids is 1. The van der Waals surface area contributed by atoms with Gasteiger partial charge >= 0.3 is 0 Å². The first kappa shape index (κ1) is 13.1. The molecule has 20 heavy (non-hydrogen) atoms. The van der Waals surface area contributed by atoms with E-state index in [0.29, 0.717) is 12.3 Å². The summed E-state index contributed by atoms with van der Waals surface area (Å²) in [5, 5.41) is 7.08. The molecule has 0 aliphatic rings. The highest BCUT2D eigenvalue weighted by Crippen LogP contribution is 2.29. The molecule has 0 aliphatic carbocycles. The van der Waals surface area contributed by atoms with Crippen molar-refractivity contribution in [3.05, 3.63) is 58.0 Å². The zero-order chi connectivity index (χ0) is 13.8. The summed E-state index contributed by atoms with van der Waals surface area (Å²) in [6, 6.07) is 9.75. The van der Waals surface area contributed by atoms with Gasteiger partial charge in [0.1, 0.15) is 0 Å². The van der Waals surface area contributed by atoms with E-state index < -0.39 is 0 Å². The predicted octanol–water partition coefficient (Wildman–Crippen LogP) is 4.04. The molecule has 0 unspecified atom stereocenters. The van der Waals surface area contributed by atoms with Crippen molar-refractivity contribution in [2.75, 3.05) is 6.54 Å². The number of hydrogen-bond donors (Lipinski definition) is 1. The molecular formula is C15H13NO2S2. The molecule has 3 aromatic heterocycles. The highest BCUT2D eigenvalue weighted by molar-refractivity contribution is 7.16. The minimum absolute atomic E-state index is 0.162.